The van der Waals surface area contributed by atoms with Crippen LogP contribution in [0.1, 0.15) is 47.2 Å². The van der Waals surface area contributed by atoms with Crippen molar-refractivity contribution in [1.82, 2.24) is 15.1 Å². The van der Waals surface area contributed by atoms with Gasteiger partial charge in [0.15, 0.2) is 0 Å². The largest absolute Gasteiger partial charge is 0.306 e. The first-order chi connectivity index (χ1) is 10.3. The standard InChI is InChI=1S/C16H23N3S2/c1-3-6-19-10-13(9-18-19)16(17-4-2)15-8-12-11-20-7-5-14(12)21-15/h8-10,16-17H,3-7,11H2,1-2H3. The summed E-state index contributed by atoms with van der Waals surface area (Å²) < 4.78 is 2.06. The molecule has 21 heavy (non-hydrogen) atoms. The van der Waals surface area contributed by atoms with Gasteiger partial charge in [0, 0.05) is 33.8 Å². The number of nitrogens with zero attached hydrogens (tertiary/aromatic N) is 2. The van der Waals surface area contributed by atoms with E-state index in [0.29, 0.717) is 6.04 Å². The number of hydrogen-bond acceptors (Lipinski definition) is 4. The Hall–Kier alpha value is -0.780. The highest BCUT2D eigenvalue weighted by Crippen LogP contribution is 2.36. The number of rotatable bonds is 6. The first kappa shape index (κ1) is 15.1. The van der Waals surface area contributed by atoms with Gasteiger partial charge in [-0.1, -0.05) is 13.8 Å². The first-order valence-corrected chi connectivity index (χ1v) is 9.74. The number of aromatic nitrogens is 2. The van der Waals surface area contributed by atoms with Crippen LogP contribution in [0.15, 0.2) is 18.5 Å². The zero-order chi connectivity index (χ0) is 14.7. The van der Waals surface area contributed by atoms with Gasteiger partial charge >= 0.3 is 0 Å². The van der Waals surface area contributed by atoms with Crippen LogP contribution in [-0.4, -0.2) is 22.1 Å². The van der Waals surface area contributed by atoms with E-state index in [-0.39, 0.29) is 0 Å². The summed E-state index contributed by atoms with van der Waals surface area (Å²) in [5.74, 6) is 2.45. The molecule has 0 bridgehead atoms. The Morgan fingerprint density at radius 3 is 3.10 bits per heavy atom. The lowest BCUT2D eigenvalue weighted by molar-refractivity contribution is 0.598. The summed E-state index contributed by atoms with van der Waals surface area (Å²) >= 11 is 4.04. The highest BCUT2D eigenvalue weighted by molar-refractivity contribution is 7.98. The number of nitrogens with one attached hydrogen (secondary N) is 1. The molecule has 1 unspecified atom stereocenters. The smallest absolute Gasteiger partial charge is 0.0702 e. The third-order valence-corrected chi connectivity index (χ3v) is 6.09. The van der Waals surface area contributed by atoms with E-state index in [0.717, 1.165) is 19.5 Å². The Morgan fingerprint density at radius 1 is 1.43 bits per heavy atom. The Labute approximate surface area is 135 Å². The average molecular weight is 322 g/mol. The van der Waals surface area contributed by atoms with Crippen LogP contribution in [0.4, 0.5) is 0 Å². The van der Waals surface area contributed by atoms with Crippen molar-refractivity contribution in [1.29, 1.82) is 0 Å². The van der Waals surface area contributed by atoms with Crippen molar-refractivity contribution in [3.63, 3.8) is 0 Å². The molecule has 2 aromatic rings. The maximum atomic E-state index is 4.49. The summed E-state index contributed by atoms with van der Waals surface area (Å²) in [6.45, 7) is 6.33. The molecular weight excluding hydrogens is 298 g/mol. The van der Waals surface area contributed by atoms with Crippen LogP contribution in [0.5, 0.6) is 0 Å². The second-order valence-electron chi connectivity index (χ2n) is 5.43. The van der Waals surface area contributed by atoms with Crippen LogP contribution in [0.2, 0.25) is 0 Å². The van der Waals surface area contributed by atoms with Crippen LogP contribution >= 0.6 is 23.1 Å². The van der Waals surface area contributed by atoms with Gasteiger partial charge < -0.3 is 5.32 Å². The van der Waals surface area contributed by atoms with E-state index in [4.69, 9.17) is 0 Å². The maximum Gasteiger partial charge on any atom is 0.0702 e. The van der Waals surface area contributed by atoms with Gasteiger partial charge in [-0.15, -0.1) is 11.3 Å². The van der Waals surface area contributed by atoms with Gasteiger partial charge in [-0.2, -0.15) is 16.9 Å². The van der Waals surface area contributed by atoms with E-state index in [9.17, 15) is 0 Å². The van der Waals surface area contributed by atoms with Gasteiger partial charge in [0.05, 0.1) is 12.2 Å². The quantitative estimate of drug-likeness (QED) is 0.876. The molecule has 3 heterocycles. The predicted molar refractivity (Wildman–Crippen MR) is 92.2 cm³/mol. The van der Waals surface area contributed by atoms with Gasteiger partial charge in [0.1, 0.15) is 0 Å². The molecule has 0 saturated carbocycles. The van der Waals surface area contributed by atoms with E-state index >= 15 is 0 Å². The van der Waals surface area contributed by atoms with Crippen molar-refractivity contribution >= 4 is 23.1 Å². The van der Waals surface area contributed by atoms with Crippen LogP contribution < -0.4 is 5.32 Å². The molecule has 0 fully saturated rings. The number of thioether (sulfide) groups is 1. The number of thiophene rings is 1. The Balaban J connectivity index is 1.87. The molecule has 2 aromatic heterocycles. The summed E-state index contributed by atoms with van der Waals surface area (Å²) in [6, 6.07) is 2.71. The molecule has 0 radical (unpaired) electrons. The molecule has 0 amide bonds. The Morgan fingerprint density at radius 2 is 2.33 bits per heavy atom. The van der Waals surface area contributed by atoms with Gasteiger partial charge in [0.2, 0.25) is 0 Å². The monoisotopic (exact) mass is 321 g/mol. The fourth-order valence-corrected chi connectivity index (χ4v) is 5.26. The highest BCUT2D eigenvalue weighted by Gasteiger charge is 2.21. The van der Waals surface area contributed by atoms with Gasteiger partial charge in [0.25, 0.3) is 0 Å². The van der Waals surface area contributed by atoms with Crippen LogP contribution in [0, 0.1) is 0 Å². The molecule has 114 valence electrons. The lowest BCUT2D eigenvalue weighted by atomic mass is 10.1. The molecule has 1 N–H and O–H groups in total. The first-order valence-electron chi connectivity index (χ1n) is 7.76. The van der Waals surface area contributed by atoms with Gasteiger partial charge in [-0.05, 0) is 36.8 Å². The van der Waals surface area contributed by atoms with Crippen molar-refractivity contribution in [3.8, 4) is 0 Å². The minimum Gasteiger partial charge on any atom is -0.306 e. The lowest BCUT2D eigenvalue weighted by Crippen LogP contribution is -2.20. The van der Waals surface area contributed by atoms with E-state index in [1.807, 2.05) is 17.5 Å². The molecule has 0 aliphatic carbocycles. The molecular formula is C16H23N3S2. The lowest BCUT2D eigenvalue weighted by Gasteiger charge is -2.14. The normalized spacial score (nSPS) is 15.9. The molecule has 3 nitrogen and oxygen atoms in total. The van der Waals surface area contributed by atoms with E-state index in [1.165, 1.54) is 28.4 Å². The van der Waals surface area contributed by atoms with Crippen molar-refractivity contribution in [2.45, 2.75) is 45.0 Å². The molecule has 1 atom stereocenters. The van der Waals surface area contributed by atoms with E-state index < -0.39 is 0 Å². The van der Waals surface area contributed by atoms with E-state index in [2.05, 4.69) is 53.0 Å². The third kappa shape index (κ3) is 3.35. The van der Waals surface area contributed by atoms with Crippen molar-refractivity contribution in [2.24, 2.45) is 0 Å². The van der Waals surface area contributed by atoms with Crippen LogP contribution in [-0.2, 0) is 18.7 Å². The SMILES string of the molecule is CCCn1cc(C(NCC)c2cc3c(s2)CCSC3)cn1. The average Bonchev–Trinajstić information content (AvgIpc) is 3.11. The second kappa shape index (κ2) is 6.99. The zero-order valence-electron chi connectivity index (χ0n) is 12.8. The zero-order valence-corrected chi connectivity index (χ0v) is 14.4. The molecule has 0 saturated heterocycles. The fraction of sp³-hybridized carbons (Fsp3) is 0.562. The number of aryl methyl sites for hydroxylation is 2. The molecule has 0 spiro atoms. The van der Waals surface area contributed by atoms with Crippen LogP contribution in [0.3, 0.4) is 0 Å². The minimum atomic E-state index is 0.293. The summed E-state index contributed by atoms with van der Waals surface area (Å²) in [5.41, 5.74) is 2.84. The minimum absolute atomic E-state index is 0.293. The van der Waals surface area contributed by atoms with Crippen molar-refractivity contribution < 1.29 is 0 Å². The molecule has 0 aromatic carbocycles. The number of fused-ring (bicyclic) bond motifs is 1. The third-order valence-electron chi connectivity index (χ3n) is 3.78. The van der Waals surface area contributed by atoms with E-state index in [1.54, 1.807) is 10.4 Å². The second-order valence-corrected chi connectivity index (χ2v) is 7.70. The predicted octanol–water partition coefficient (Wildman–Crippen LogP) is 3.84. The Kier molecular flexibility index (Phi) is 5.03. The number of hydrogen-bond donors (Lipinski definition) is 1. The van der Waals surface area contributed by atoms with Crippen LogP contribution in [0.25, 0.3) is 0 Å². The van der Waals surface area contributed by atoms with Gasteiger partial charge in [-0.3, -0.25) is 4.68 Å². The summed E-state index contributed by atoms with van der Waals surface area (Å²) in [6.07, 6.45) is 6.58. The molecule has 5 heteroatoms. The summed E-state index contributed by atoms with van der Waals surface area (Å²) in [4.78, 5) is 3.04. The molecule has 1 aliphatic heterocycles. The highest BCUT2D eigenvalue weighted by atomic mass is 32.2. The molecule has 1 aliphatic rings. The maximum absolute atomic E-state index is 4.49. The Bertz CT molecular complexity index is 565. The summed E-state index contributed by atoms with van der Waals surface area (Å²) in [5, 5.41) is 8.12. The molecule has 3 rings (SSSR count). The summed E-state index contributed by atoms with van der Waals surface area (Å²) in [7, 11) is 0. The topological polar surface area (TPSA) is 29.9 Å². The van der Waals surface area contributed by atoms with Gasteiger partial charge in [-0.25, -0.2) is 0 Å². The van der Waals surface area contributed by atoms with Crippen molar-refractivity contribution in [3.05, 3.63) is 39.3 Å². The van der Waals surface area contributed by atoms with Crippen molar-refractivity contribution in [2.75, 3.05) is 12.3 Å². The fourth-order valence-electron chi connectivity index (χ4n) is 2.78.